The first-order valence-electron chi connectivity index (χ1n) is 5.45. The minimum atomic E-state index is -0.683. The number of benzene rings is 2. The molecule has 0 saturated heterocycles. The van der Waals surface area contributed by atoms with E-state index in [-0.39, 0.29) is 11.1 Å². The Labute approximate surface area is 113 Å². The van der Waals surface area contributed by atoms with Crippen molar-refractivity contribution >= 4 is 15.9 Å². The van der Waals surface area contributed by atoms with E-state index in [2.05, 4.69) is 15.9 Å². The minimum Gasteiger partial charge on any atom is -0.320 e. The van der Waals surface area contributed by atoms with E-state index in [1.54, 1.807) is 12.1 Å². The lowest BCUT2D eigenvalue weighted by molar-refractivity contribution is 0.570. The van der Waals surface area contributed by atoms with Gasteiger partial charge in [-0.3, -0.25) is 0 Å². The standard InChI is InChI=1S/C14H12BrF2N/c1-8-5-13(17)11(7-12(8)16)14(18)9-3-2-4-10(15)6-9/h2-7,14H,18H2,1H3. The molecule has 4 heteroatoms. The predicted octanol–water partition coefficient (Wildman–Crippen LogP) is 4.08. The third-order valence-corrected chi connectivity index (χ3v) is 3.31. The maximum atomic E-state index is 13.8. The first-order valence-corrected chi connectivity index (χ1v) is 6.25. The van der Waals surface area contributed by atoms with Gasteiger partial charge in [-0.1, -0.05) is 28.1 Å². The fraction of sp³-hybridized carbons (Fsp3) is 0.143. The first-order chi connectivity index (χ1) is 8.49. The molecule has 0 bridgehead atoms. The third-order valence-electron chi connectivity index (χ3n) is 2.82. The Hall–Kier alpha value is -1.26. The van der Waals surface area contributed by atoms with Crippen LogP contribution in [-0.4, -0.2) is 0 Å². The van der Waals surface area contributed by atoms with Crippen molar-refractivity contribution < 1.29 is 8.78 Å². The molecule has 0 spiro atoms. The molecule has 0 aliphatic rings. The molecule has 18 heavy (non-hydrogen) atoms. The van der Waals surface area contributed by atoms with Crippen LogP contribution < -0.4 is 5.73 Å². The van der Waals surface area contributed by atoms with E-state index < -0.39 is 17.7 Å². The molecular weight excluding hydrogens is 300 g/mol. The topological polar surface area (TPSA) is 26.0 Å². The molecule has 0 aliphatic heterocycles. The van der Waals surface area contributed by atoms with Gasteiger partial charge in [0, 0.05) is 10.0 Å². The van der Waals surface area contributed by atoms with Gasteiger partial charge in [-0.25, -0.2) is 8.78 Å². The van der Waals surface area contributed by atoms with E-state index in [1.165, 1.54) is 13.0 Å². The number of aryl methyl sites for hydroxylation is 1. The lowest BCUT2D eigenvalue weighted by Gasteiger charge is -2.14. The summed E-state index contributed by atoms with van der Waals surface area (Å²) in [4.78, 5) is 0. The normalized spacial score (nSPS) is 12.5. The molecule has 0 heterocycles. The molecule has 94 valence electrons. The van der Waals surface area contributed by atoms with Crippen LogP contribution in [0.5, 0.6) is 0 Å². The Kier molecular flexibility index (Phi) is 3.78. The SMILES string of the molecule is Cc1cc(F)c(C(N)c2cccc(Br)c2)cc1F. The molecule has 0 aromatic heterocycles. The number of nitrogens with two attached hydrogens (primary N) is 1. The highest BCUT2D eigenvalue weighted by Crippen LogP contribution is 2.26. The predicted molar refractivity (Wildman–Crippen MR) is 71.3 cm³/mol. The van der Waals surface area contributed by atoms with Gasteiger partial charge in [0.25, 0.3) is 0 Å². The van der Waals surface area contributed by atoms with E-state index in [0.717, 1.165) is 16.1 Å². The van der Waals surface area contributed by atoms with Crippen LogP contribution in [0.2, 0.25) is 0 Å². The molecule has 0 fully saturated rings. The zero-order valence-electron chi connectivity index (χ0n) is 9.75. The summed E-state index contributed by atoms with van der Waals surface area (Å²) in [5, 5.41) is 0. The number of rotatable bonds is 2. The van der Waals surface area contributed by atoms with Crippen molar-refractivity contribution in [2.24, 2.45) is 5.73 Å². The lowest BCUT2D eigenvalue weighted by atomic mass is 9.98. The molecule has 0 amide bonds. The molecule has 2 aromatic rings. The van der Waals surface area contributed by atoms with Gasteiger partial charge in [-0.2, -0.15) is 0 Å². The van der Waals surface area contributed by atoms with E-state index >= 15 is 0 Å². The van der Waals surface area contributed by atoms with Gasteiger partial charge in [0.05, 0.1) is 6.04 Å². The average molecular weight is 312 g/mol. The van der Waals surface area contributed by atoms with Crippen LogP contribution in [0.3, 0.4) is 0 Å². The van der Waals surface area contributed by atoms with Crippen LogP contribution in [0.25, 0.3) is 0 Å². The summed E-state index contributed by atoms with van der Waals surface area (Å²) in [6.07, 6.45) is 0. The Balaban J connectivity index is 2.46. The van der Waals surface area contributed by atoms with E-state index in [0.29, 0.717) is 0 Å². The summed E-state index contributed by atoms with van der Waals surface area (Å²) >= 11 is 3.32. The van der Waals surface area contributed by atoms with Crippen LogP contribution in [0, 0.1) is 18.6 Å². The Bertz CT molecular complexity index is 584. The van der Waals surface area contributed by atoms with Gasteiger partial charge in [-0.15, -0.1) is 0 Å². The van der Waals surface area contributed by atoms with Crippen LogP contribution >= 0.6 is 15.9 Å². The van der Waals surface area contributed by atoms with E-state index in [4.69, 9.17) is 5.73 Å². The summed E-state index contributed by atoms with van der Waals surface area (Å²) in [7, 11) is 0. The molecule has 2 rings (SSSR count). The number of hydrogen-bond donors (Lipinski definition) is 1. The Morgan fingerprint density at radius 1 is 1.11 bits per heavy atom. The number of hydrogen-bond acceptors (Lipinski definition) is 1. The maximum Gasteiger partial charge on any atom is 0.128 e. The summed E-state index contributed by atoms with van der Waals surface area (Å²) in [5.74, 6) is -0.932. The van der Waals surface area contributed by atoms with Crippen LogP contribution in [0.4, 0.5) is 8.78 Å². The molecule has 1 nitrogen and oxygen atoms in total. The second kappa shape index (κ2) is 5.16. The fourth-order valence-corrected chi connectivity index (χ4v) is 2.20. The first kappa shape index (κ1) is 13.2. The third kappa shape index (κ3) is 2.60. The van der Waals surface area contributed by atoms with Crippen LogP contribution in [0.15, 0.2) is 40.9 Å². The molecule has 2 aromatic carbocycles. The van der Waals surface area contributed by atoms with E-state index in [9.17, 15) is 8.78 Å². The molecule has 0 saturated carbocycles. The molecule has 2 N–H and O–H groups in total. The van der Waals surface area contributed by atoms with Crippen molar-refractivity contribution in [3.05, 3.63) is 69.2 Å². The van der Waals surface area contributed by atoms with Crippen molar-refractivity contribution in [2.45, 2.75) is 13.0 Å². The second-order valence-electron chi connectivity index (χ2n) is 4.16. The minimum absolute atomic E-state index is 0.163. The monoisotopic (exact) mass is 311 g/mol. The van der Waals surface area contributed by atoms with Gasteiger partial charge in [-0.05, 0) is 42.3 Å². The van der Waals surface area contributed by atoms with Gasteiger partial charge in [0.1, 0.15) is 11.6 Å². The second-order valence-corrected chi connectivity index (χ2v) is 5.07. The Morgan fingerprint density at radius 3 is 2.50 bits per heavy atom. The molecule has 1 unspecified atom stereocenters. The number of halogens is 3. The molecule has 0 radical (unpaired) electrons. The van der Waals surface area contributed by atoms with Crippen molar-refractivity contribution in [1.29, 1.82) is 0 Å². The zero-order chi connectivity index (χ0) is 13.3. The molecule has 1 atom stereocenters. The zero-order valence-corrected chi connectivity index (χ0v) is 11.3. The van der Waals surface area contributed by atoms with Crippen LogP contribution in [0.1, 0.15) is 22.7 Å². The van der Waals surface area contributed by atoms with Crippen LogP contribution in [-0.2, 0) is 0 Å². The summed E-state index contributed by atoms with van der Waals surface area (Å²) in [6.45, 7) is 1.52. The average Bonchev–Trinajstić information content (AvgIpc) is 2.33. The highest BCUT2D eigenvalue weighted by atomic mass is 79.9. The smallest absolute Gasteiger partial charge is 0.128 e. The van der Waals surface area contributed by atoms with Crippen molar-refractivity contribution in [3.8, 4) is 0 Å². The molecule has 0 aliphatic carbocycles. The van der Waals surface area contributed by atoms with Gasteiger partial charge in [0.15, 0.2) is 0 Å². The highest BCUT2D eigenvalue weighted by molar-refractivity contribution is 9.10. The highest BCUT2D eigenvalue weighted by Gasteiger charge is 2.16. The van der Waals surface area contributed by atoms with Crippen molar-refractivity contribution in [3.63, 3.8) is 0 Å². The van der Waals surface area contributed by atoms with Gasteiger partial charge < -0.3 is 5.73 Å². The van der Waals surface area contributed by atoms with Gasteiger partial charge >= 0.3 is 0 Å². The quantitative estimate of drug-likeness (QED) is 0.888. The molecular formula is C14H12BrF2N. The van der Waals surface area contributed by atoms with Crippen molar-refractivity contribution in [1.82, 2.24) is 0 Å². The van der Waals surface area contributed by atoms with E-state index in [1.807, 2.05) is 12.1 Å². The summed E-state index contributed by atoms with van der Waals surface area (Å²) in [6, 6.07) is 8.88. The van der Waals surface area contributed by atoms with Gasteiger partial charge in [0.2, 0.25) is 0 Å². The fourth-order valence-electron chi connectivity index (χ4n) is 1.78. The summed E-state index contributed by atoms with van der Waals surface area (Å²) < 4.78 is 28.1. The summed E-state index contributed by atoms with van der Waals surface area (Å²) in [5.41, 5.74) is 7.14. The van der Waals surface area contributed by atoms with Crippen molar-refractivity contribution in [2.75, 3.05) is 0 Å². The largest absolute Gasteiger partial charge is 0.320 e. The maximum absolute atomic E-state index is 13.8. The Morgan fingerprint density at radius 2 is 1.83 bits per heavy atom. The lowest BCUT2D eigenvalue weighted by Crippen LogP contribution is -2.14.